The third-order valence-electron chi connectivity index (χ3n) is 4.75. The topological polar surface area (TPSA) is 150 Å². The number of aromatic amines is 1. The normalized spacial score (nSPS) is 25.9. The van der Waals surface area contributed by atoms with Crippen LogP contribution in [0.3, 0.4) is 0 Å². The van der Waals surface area contributed by atoms with E-state index in [-0.39, 0.29) is 24.7 Å². The van der Waals surface area contributed by atoms with Gasteiger partial charge in [0, 0.05) is 24.8 Å². The lowest BCUT2D eigenvalue weighted by atomic mass is 10.0. The molecule has 3 rings (SSSR count). The number of hydrogen-bond acceptors (Lipinski definition) is 6. The number of aromatic nitrogens is 2. The third kappa shape index (κ3) is 4.24. The zero-order chi connectivity index (χ0) is 19.6. The molecule has 27 heavy (non-hydrogen) atoms. The van der Waals surface area contributed by atoms with Gasteiger partial charge >= 0.3 is 0 Å². The Morgan fingerprint density at radius 3 is 2.85 bits per heavy atom. The molecule has 11 heteroatoms. The van der Waals surface area contributed by atoms with Crippen molar-refractivity contribution in [1.82, 2.24) is 25.5 Å². The van der Waals surface area contributed by atoms with E-state index < -0.39 is 35.8 Å². The van der Waals surface area contributed by atoms with Gasteiger partial charge in [0.05, 0.1) is 17.9 Å². The average Bonchev–Trinajstić information content (AvgIpc) is 3.34. The lowest BCUT2D eigenvalue weighted by Crippen LogP contribution is -2.57. The summed E-state index contributed by atoms with van der Waals surface area (Å²) in [6.07, 6.45) is 3.55. The van der Waals surface area contributed by atoms with Crippen molar-refractivity contribution in [3.8, 4) is 0 Å². The number of nitrogens with one attached hydrogen (secondary N) is 3. The predicted molar refractivity (Wildman–Crippen MR) is 97.1 cm³/mol. The molecule has 1 aromatic rings. The number of nitrogens with two attached hydrogens (primary N) is 1. The molecule has 1 unspecified atom stereocenters. The second kappa shape index (κ2) is 7.99. The predicted octanol–water partition coefficient (Wildman–Crippen LogP) is -1.65. The fourth-order valence-corrected chi connectivity index (χ4v) is 4.45. The molecule has 2 saturated heterocycles. The van der Waals surface area contributed by atoms with Crippen molar-refractivity contribution in [2.24, 2.45) is 11.7 Å². The van der Waals surface area contributed by atoms with Crippen LogP contribution in [-0.4, -0.2) is 68.3 Å². The maximum atomic E-state index is 13.0. The maximum Gasteiger partial charge on any atom is 0.246 e. The van der Waals surface area contributed by atoms with Gasteiger partial charge in [-0.3, -0.25) is 19.2 Å². The lowest BCUT2D eigenvalue weighted by Gasteiger charge is -2.28. The molecule has 0 saturated carbocycles. The van der Waals surface area contributed by atoms with E-state index in [1.165, 1.54) is 23.0 Å². The number of hydrogen-bond donors (Lipinski definition) is 4. The van der Waals surface area contributed by atoms with E-state index in [1.807, 2.05) is 0 Å². The van der Waals surface area contributed by atoms with Crippen molar-refractivity contribution in [1.29, 1.82) is 0 Å². The van der Waals surface area contributed by atoms with Crippen LogP contribution >= 0.6 is 11.8 Å². The molecule has 1 aromatic heterocycles. The smallest absolute Gasteiger partial charge is 0.246 e. The van der Waals surface area contributed by atoms with Crippen LogP contribution in [0.4, 0.5) is 0 Å². The lowest BCUT2D eigenvalue weighted by molar-refractivity contribution is -0.140. The molecular formula is C16H22N6O4S. The van der Waals surface area contributed by atoms with E-state index in [9.17, 15) is 19.2 Å². The van der Waals surface area contributed by atoms with Gasteiger partial charge in [-0.1, -0.05) is 6.92 Å². The van der Waals surface area contributed by atoms with Crippen LogP contribution in [0.25, 0.3) is 0 Å². The van der Waals surface area contributed by atoms with Crippen molar-refractivity contribution in [3.05, 3.63) is 18.2 Å². The summed E-state index contributed by atoms with van der Waals surface area (Å²) in [5.41, 5.74) is 5.99. The molecule has 4 amide bonds. The number of nitrogens with zero attached hydrogens (tertiary/aromatic N) is 2. The van der Waals surface area contributed by atoms with Gasteiger partial charge in [-0.05, 0) is 5.92 Å². The SMILES string of the molecule is C[C@H]1CC(=O)N[C@@H]1C(=O)N[C@@H](Cc1c[nH]cn1)C(=O)N1CSCC1C(N)=O. The highest BCUT2D eigenvalue weighted by atomic mass is 32.2. The van der Waals surface area contributed by atoms with E-state index in [2.05, 4.69) is 20.6 Å². The number of thioether (sulfide) groups is 1. The Labute approximate surface area is 160 Å². The van der Waals surface area contributed by atoms with Crippen LogP contribution in [0.1, 0.15) is 19.0 Å². The minimum Gasteiger partial charge on any atom is -0.368 e. The second-order valence-electron chi connectivity index (χ2n) is 6.78. The molecule has 0 aromatic carbocycles. The first-order chi connectivity index (χ1) is 12.9. The molecule has 0 bridgehead atoms. The monoisotopic (exact) mass is 394 g/mol. The first-order valence-corrected chi connectivity index (χ1v) is 9.77. The van der Waals surface area contributed by atoms with E-state index in [4.69, 9.17) is 5.73 Å². The van der Waals surface area contributed by atoms with Crippen molar-refractivity contribution in [2.75, 3.05) is 11.6 Å². The highest BCUT2D eigenvalue weighted by Gasteiger charge is 2.40. The highest BCUT2D eigenvalue weighted by molar-refractivity contribution is 7.99. The molecule has 0 spiro atoms. The fourth-order valence-electron chi connectivity index (χ4n) is 3.28. The Morgan fingerprint density at radius 1 is 1.48 bits per heavy atom. The van der Waals surface area contributed by atoms with Gasteiger partial charge in [0.15, 0.2) is 0 Å². The minimum absolute atomic E-state index is 0.162. The first kappa shape index (κ1) is 19.2. The summed E-state index contributed by atoms with van der Waals surface area (Å²) in [6.45, 7) is 1.80. The molecule has 2 aliphatic heterocycles. The summed E-state index contributed by atoms with van der Waals surface area (Å²) in [7, 11) is 0. The summed E-state index contributed by atoms with van der Waals surface area (Å²) in [5.74, 6) is -0.992. The van der Waals surface area contributed by atoms with Gasteiger partial charge in [0.1, 0.15) is 18.1 Å². The van der Waals surface area contributed by atoms with Crippen molar-refractivity contribution >= 4 is 35.4 Å². The molecular weight excluding hydrogens is 372 g/mol. The number of carbonyl (C=O) groups is 4. The van der Waals surface area contributed by atoms with Crippen LogP contribution in [0.15, 0.2) is 12.5 Å². The number of imidazole rings is 1. The molecule has 4 atom stereocenters. The van der Waals surface area contributed by atoms with Gasteiger partial charge in [0.2, 0.25) is 23.6 Å². The summed E-state index contributed by atoms with van der Waals surface area (Å²) < 4.78 is 0. The minimum atomic E-state index is -0.911. The Morgan fingerprint density at radius 2 is 2.26 bits per heavy atom. The summed E-state index contributed by atoms with van der Waals surface area (Å²) >= 11 is 1.43. The van der Waals surface area contributed by atoms with Crippen LogP contribution in [-0.2, 0) is 25.6 Å². The number of primary amides is 1. The highest BCUT2D eigenvalue weighted by Crippen LogP contribution is 2.22. The molecule has 2 aliphatic rings. The zero-order valence-electron chi connectivity index (χ0n) is 14.8. The average molecular weight is 394 g/mol. The number of H-pyrrole nitrogens is 1. The van der Waals surface area contributed by atoms with Crippen LogP contribution in [0.2, 0.25) is 0 Å². The molecule has 2 fully saturated rings. The van der Waals surface area contributed by atoms with Gasteiger partial charge in [-0.15, -0.1) is 11.8 Å². The Balaban J connectivity index is 1.76. The summed E-state index contributed by atoms with van der Waals surface area (Å²) in [5, 5.41) is 5.35. The van der Waals surface area contributed by atoms with Gasteiger partial charge in [-0.25, -0.2) is 4.98 Å². The van der Waals surface area contributed by atoms with Gasteiger partial charge in [-0.2, -0.15) is 0 Å². The van der Waals surface area contributed by atoms with Crippen LogP contribution < -0.4 is 16.4 Å². The molecule has 5 N–H and O–H groups in total. The number of rotatable bonds is 6. The summed E-state index contributed by atoms with van der Waals surface area (Å²) in [6, 6.07) is -2.30. The molecule has 0 radical (unpaired) electrons. The number of carbonyl (C=O) groups excluding carboxylic acids is 4. The van der Waals surface area contributed by atoms with Crippen molar-refractivity contribution in [2.45, 2.75) is 37.9 Å². The Bertz CT molecular complexity index is 739. The maximum absolute atomic E-state index is 13.0. The quantitative estimate of drug-likeness (QED) is 0.454. The molecule has 146 valence electrons. The second-order valence-corrected chi connectivity index (χ2v) is 7.78. The van der Waals surface area contributed by atoms with E-state index in [0.717, 1.165) is 0 Å². The van der Waals surface area contributed by atoms with E-state index >= 15 is 0 Å². The van der Waals surface area contributed by atoms with Crippen molar-refractivity contribution < 1.29 is 19.2 Å². The Hall–Kier alpha value is -2.56. The van der Waals surface area contributed by atoms with E-state index in [0.29, 0.717) is 17.3 Å². The molecule has 0 aliphatic carbocycles. The third-order valence-corrected chi connectivity index (χ3v) is 5.76. The van der Waals surface area contributed by atoms with Gasteiger partial charge < -0.3 is 26.3 Å². The Kier molecular flexibility index (Phi) is 5.68. The summed E-state index contributed by atoms with van der Waals surface area (Å²) in [4.78, 5) is 57.2. The molecule has 3 heterocycles. The van der Waals surface area contributed by atoms with Crippen LogP contribution in [0.5, 0.6) is 0 Å². The van der Waals surface area contributed by atoms with Crippen molar-refractivity contribution in [3.63, 3.8) is 0 Å². The van der Waals surface area contributed by atoms with Crippen LogP contribution in [0, 0.1) is 5.92 Å². The standard InChI is InChI=1S/C16H22N6O4S/c1-8-2-12(23)21-13(8)15(25)20-10(3-9-4-18-6-19-9)16(26)22-7-27-5-11(22)14(17)24/h4,6,8,10-11,13H,2-3,5,7H2,1H3,(H2,17,24)(H,18,19)(H,20,25)(H,21,23)/t8-,10-,11?,13-/m0/s1. The fraction of sp³-hybridized carbons (Fsp3) is 0.562. The zero-order valence-corrected chi connectivity index (χ0v) is 15.6. The number of amides is 4. The first-order valence-electron chi connectivity index (χ1n) is 8.61. The molecule has 10 nitrogen and oxygen atoms in total. The van der Waals surface area contributed by atoms with E-state index in [1.54, 1.807) is 13.1 Å². The largest absolute Gasteiger partial charge is 0.368 e. The van der Waals surface area contributed by atoms with Gasteiger partial charge in [0.25, 0.3) is 0 Å².